The number of carboxylic acid groups (broad SMARTS) is 2. The molecule has 0 saturated heterocycles. The van der Waals surface area contributed by atoms with Crippen LogP contribution in [0.3, 0.4) is 0 Å². The first-order valence-corrected chi connectivity index (χ1v) is 6.64. The fraction of sp³-hybridized carbons (Fsp3) is 0.727. The molecule has 7 nitrogen and oxygen atoms in total. The highest BCUT2D eigenvalue weighted by atomic mass is 32.2. The van der Waals surface area contributed by atoms with Crippen molar-refractivity contribution in [2.75, 3.05) is 5.75 Å². The molecule has 2 unspecified atom stereocenters. The number of hydrogen-bond donors (Lipinski definition) is 3. The number of aliphatic carboxylic acids is 2. The Morgan fingerprint density at radius 2 is 1.74 bits per heavy atom. The average Bonchev–Trinajstić information content (AvgIpc) is 2.20. The van der Waals surface area contributed by atoms with Gasteiger partial charge in [0.1, 0.15) is 11.6 Å². The van der Waals surface area contributed by atoms with Gasteiger partial charge in [-0.1, -0.05) is 0 Å². The highest BCUT2D eigenvalue weighted by Gasteiger charge is 2.25. The van der Waals surface area contributed by atoms with Gasteiger partial charge in [-0.2, -0.15) is 0 Å². The Morgan fingerprint density at radius 1 is 1.21 bits per heavy atom. The van der Waals surface area contributed by atoms with Gasteiger partial charge >= 0.3 is 18.0 Å². The average molecular weight is 293 g/mol. The van der Waals surface area contributed by atoms with Crippen LogP contribution in [0.1, 0.15) is 27.7 Å². The van der Waals surface area contributed by atoms with Gasteiger partial charge in [-0.15, -0.1) is 11.8 Å². The molecule has 0 rings (SSSR count). The third-order valence-corrected chi connectivity index (χ3v) is 3.08. The molecular formula is C11H19NO6S. The molecule has 3 N–H and O–H groups in total. The lowest BCUT2D eigenvalue weighted by molar-refractivity contribution is -0.139. The molecule has 110 valence electrons. The molecular weight excluding hydrogens is 274 g/mol. The van der Waals surface area contributed by atoms with Crippen molar-refractivity contribution < 1.29 is 29.3 Å². The first-order chi connectivity index (χ1) is 8.53. The third kappa shape index (κ3) is 8.30. The summed E-state index contributed by atoms with van der Waals surface area (Å²) in [7, 11) is 0. The Kier molecular flexibility index (Phi) is 6.68. The zero-order chi connectivity index (χ0) is 15.2. The highest BCUT2D eigenvalue weighted by Crippen LogP contribution is 2.13. The molecule has 0 aliphatic carbocycles. The second-order valence-corrected chi connectivity index (χ2v) is 6.22. The number of nitrogens with one attached hydrogen (secondary N) is 1. The predicted octanol–water partition coefficient (Wildman–Crippen LogP) is 1.17. The van der Waals surface area contributed by atoms with E-state index in [1.54, 1.807) is 20.8 Å². The molecule has 0 spiro atoms. The molecule has 19 heavy (non-hydrogen) atoms. The molecule has 0 heterocycles. The van der Waals surface area contributed by atoms with Crippen LogP contribution in [0.15, 0.2) is 0 Å². The van der Waals surface area contributed by atoms with Crippen LogP contribution in [-0.2, 0) is 14.3 Å². The van der Waals surface area contributed by atoms with Gasteiger partial charge in [-0.05, 0) is 27.7 Å². The fourth-order valence-corrected chi connectivity index (χ4v) is 1.79. The van der Waals surface area contributed by atoms with Gasteiger partial charge in [0, 0.05) is 5.75 Å². The van der Waals surface area contributed by atoms with E-state index in [4.69, 9.17) is 14.9 Å². The van der Waals surface area contributed by atoms with E-state index in [0.29, 0.717) is 0 Å². The summed E-state index contributed by atoms with van der Waals surface area (Å²) in [6.07, 6.45) is -0.844. The van der Waals surface area contributed by atoms with Crippen molar-refractivity contribution in [2.24, 2.45) is 0 Å². The van der Waals surface area contributed by atoms with Crippen LogP contribution in [0, 0.1) is 0 Å². The highest BCUT2D eigenvalue weighted by molar-refractivity contribution is 8.00. The molecule has 0 radical (unpaired) electrons. The lowest BCUT2D eigenvalue weighted by Gasteiger charge is -2.22. The third-order valence-electron chi connectivity index (χ3n) is 1.85. The van der Waals surface area contributed by atoms with Crippen molar-refractivity contribution in [2.45, 2.75) is 44.6 Å². The van der Waals surface area contributed by atoms with Crippen molar-refractivity contribution in [1.82, 2.24) is 5.32 Å². The Bertz CT molecular complexity index is 352. The molecule has 8 heteroatoms. The Balaban J connectivity index is 4.39. The maximum Gasteiger partial charge on any atom is 0.408 e. The van der Waals surface area contributed by atoms with Crippen LogP contribution >= 0.6 is 11.8 Å². The number of ether oxygens (including phenoxy) is 1. The van der Waals surface area contributed by atoms with Gasteiger partial charge in [-0.25, -0.2) is 9.59 Å². The van der Waals surface area contributed by atoms with Gasteiger partial charge in [-0.3, -0.25) is 4.79 Å². The minimum Gasteiger partial charge on any atom is -0.480 e. The van der Waals surface area contributed by atoms with Crippen LogP contribution in [-0.4, -0.2) is 50.9 Å². The summed E-state index contributed by atoms with van der Waals surface area (Å²) in [5, 5.41) is 19.1. The van der Waals surface area contributed by atoms with Crippen LogP contribution in [0.2, 0.25) is 0 Å². The van der Waals surface area contributed by atoms with Crippen molar-refractivity contribution in [3.05, 3.63) is 0 Å². The molecule has 0 bridgehead atoms. The minimum atomic E-state index is -1.24. The number of hydrogen-bond acceptors (Lipinski definition) is 5. The number of carbonyl (C=O) groups is 3. The molecule has 0 fully saturated rings. The Labute approximate surface area is 115 Å². The van der Waals surface area contributed by atoms with Crippen molar-refractivity contribution in [3.8, 4) is 0 Å². The lowest BCUT2D eigenvalue weighted by atomic mass is 10.2. The predicted molar refractivity (Wildman–Crippen MR) is 70.3 cm³/mol. The minimum absolute atomic E-state index is 0.0535. The zero-order valence-electron chi connectivity index (χ0n) is 11.3. The van der Waals surface area contributed by atoms with Crippen molar-refractivity contribution in [3.63, 3.8) is 0 Å². The quantitative estimate of drug-likeness (QED) is 0.673. The summed E-state index contributed by atoms with van der Waals surface area (Å²) in [6.45, 7) is 6.41. The summed E-state index contributed by atoms with van der Waals surface area (Å²) in [5.41, 5.74) is -0.728. The topological polar surface area (TPSA) is 113 Å². The molecule has 0 aromatic carbocycles. The Morgan fingerprint density at radius 3 is 2.11 bits per heavy atom. The maximum atomic E-state index is 11.4. The molecule has 1 amide bonds. The smallest absolute Gasteiger partial charge is 0.408 e. The van der Waals surface area contributed by atoms with E-state index < -0.39 is 34.9 Å². The van der Waals surface area contributed by atoms with Crippen molar-refractivity contribution in [1.29, 1.82) is 0 Å². The lowest BCUT2D eigenvalue weighted by Crippen LogP contribution is -2.45. The first kappa shape index (κ1) is 17.6. The van der Waals surface area contributed by atoms with Gasteiger partial charge in [0.05, 0.1) is 5.25 Å². The van der Waals surface area contributed by atoms with Crippen LogP contribution in [0.25, 0.3) is 0 Å². The van der Waals surface area contributed by atoms with Gasteiger partial charge in [0.25, 0.3) is 0 Å². The summed E-state index contributed by atoms with van der Waals surface area (Å²) in [4.78, 5) is 33.0. The molecule has 0 saturated carbocycles. The second-order valence-electron chi connectivity index (χ2n) is 4.85. The Hall–Kier alpha value is -1.44. The van der Waals surface area contributed by atoms with Crippen LogP contribution in [0.4, 0.5) is 4.79 Å². The summed E-state index contributed by atoms with van der Waals surface area (Å²) < 4.78 is 4.93. The van der Waals surface area contributed by atoms with Gasteiger partial charge < -0.3 is 20.3 Å². The van der Waals surface area contributed by atoms with Crippen LogP contribution in [0.5, 0.6) is 0 Å². The van der Waals surface area contributed by atoms with E-state index in [-0.39, 0.29) is 5.75 Å². The molecule has 0 aliphatic rings. The summed E-state index contributed by atoms with van der Waals surface area (Å²) in [5.74, 6) is -2.33. The van der Waals surface area contributed by atoms with Gasteiger partial charge in [0.2, 0.25) is 0 Å². The SMILES string of the molecule is CC(SCC(NC(=O)OC(C)(C)C)C(=O)O)C(=O)O. The number of alkyl carbamates (subject to hydrolysis) is 1. The first-order valence-electron chi connectivity index (χ1n) is 5.59. The number of thioether (sulfide) groups is 1. The number of amides is 1. The van der Waals surface area contributed by atoms with E-state index in [9.17, 15) is 14.4 Å². The van der Waals surface area contributed by atoms with Crippen LogP contribution < -0.4 is 5.32 Å². The van der Waals surface area contributed by atoms with E-state index in [2.05, 4.69) is 5.32 Å². The monoisotopic (exact) mass is 293 g/mol. The van der Waals surface area contributed by atoms with E-state index in [0.717, 1.165) is 11.8 Å². The molecule has 0 aliphatic heterocycles. The standard InChI is InChI=1S/C11H19NO6S/c1-6(8(13)14)19-5-7(9(15)16)12-10(17)18-11(2,3)4/h6-7H,5H2,1-4H3,(H,12,17)(H,13,14)(H,15,16). The molecule has 0 aromatic rings. The second kappa shape index (κ2) is 7.22. The number of rotatable bonds is 6. The molecule has 2 atom stereocenters. The van der Waals surface area contributed by atoms with E-state index in [1.165, 1.54) is 6.92 Å². The normalized spacial score (nSPS) is 14.3. The summed E-state index contributed by atoms with van der Waals surface area (Å²) >= 11 is 0.930. The van der Waals surface area contributed by atoms with Gasteiger partial charge in [0.15, 0.2) is 0 Å². The summed E-state index contributed by atoms with van der Waals surface area (Å²) in [6, 6.07) is -1.19. The van der Waals surface area contributed by atoms with Crippen molar-refractivity contribution >= 4 is 29.8 Å². The maximum absolute atomic E-state index is 11.4. The molecule has 0 aromatic heterocycles. The van der Waals surface area contributed by atoms with E-state index >= 15 is 0 Å². The fourth-order valence-electron chi connectivity index (χ4n) is 0.936. The van der Waals surface area contributed by atoms with E-state index in [1.807, 2.05) is 0 Å². The number of carbonyl (C=O) groups excluding carboxylic acids is 1. The zero-order valence-corrected chi connectivity index (χ0v) is 12.1. The largest absolute Gasteiger partial charge is 0.480 e. The number of carboxylic acids is 2.